The molecule has 1 saturated heterocycles. The van der Waals surface area contributed by atoms with Gasteiger partial charge in [0.25, 0.3) is 0 Å². The molecule has 5 nitrogen and oxygen atoms in total. The summed E-state index contributed by atoms with van der Waals surface area (Å²) in [5.41, 5.74) is 2.33. The topological polar surface area (TPSA) is 50.2 Å². The van der Waals surface area contributed by atoms with Crippen LogP contribution < -0.4 is 5.32 Å². The minimum Gasteiger partial charge on any atom is -0.352 e. The summed E-state index contributed by atoms with van der Waals surface area (Å²) >= 11 is 0. The Morgan fingerprint density at radius 1 is 1.39 bits per heavy atom. The van der Waals surface area contributed by atoms with Crippen molar-refractivity contribution in [1.29, 1.82) is 0 Å². The molecule has 1 aliphatic rings. The van der Waals surface area contributed by atoms with E-state index in [0.29, 0.717) is 12.5 Å². The Bertz CT molecular complexity index is 651. The van der Waals surface area contributed by atoms with Gasteiger partial charge in [-0.05, 0) is 44.0 Å². The molecule has 0 bridgehead atoms. The van der Waals surface area contributed by atoms with E-state index in [-0.39, 0.29) is 11.9 Å². The summed E-state index contributed by atoms with van der Waals surface area (Å²) in [7, 11) is 0. The maximum absolute atomic E-state index is 11.4. The SMILES string of the molecule is CC(C)N(Cc1cccc(-n2cccn2)c1)CC1CCC(=O)N1. The second kappa shape index (κ2) is 6.96. The Labute approximate surface area is 137 Å². The van der Waals surface area contributed by atoms with Crippen LogP contribution in [0.2, 0.25) is 0 Å². The summed E-state index contributed by atoms with van der Waals surface area (Å²) in [6.07, 6.45) is 5.34. The second-order valence-electron chi connectivity index (χ2n) is 6.45. The molecule has 3 rings (SSSR count). The lowest BCUT2D eigenvalue weighted by Gasteiger charge is -2.29. The van der Waals surface area contributed by atoms with E-state index in [4.69, 9.17) is 0 Å². The first kappa shape index (κ1) is 15.7. The summed E-state index contributed by atoms with van der Waals surface area (Å²) in [6.45, 7) is 6.18. The molecular formula is C18H24N4O. The van der Waals surface area contributed by atoms with Crippen molar-refractivity contribution in [1.82, 2.24) is 20.0 Å². The molecule has 122 valence electrons. The molecule has 1 aromatic heterocycles. The van der Waals surface area contributed by atoms with Crippen molar-refractivity contribution in [3.05, 3.63) is 48.3 Å². The maximum atomic E-state index is 11.4. The van der Waals surface area contributed by atoms with Crippen LogP contribution in [0.5, 0.6) is 0 Å². The molecular weight excluding hydrogens is 288 g/mol. The van der Waals surface area contributed by atoms with Crippen LogP contribution in [0.25, 0.3) is 5.69 Å². The van der Waals surface area contributed by atoms with Crippen LogP contribution in [0.3, 0.4) is 0 Å². The summed E-state index contributed by atoms with van der Waals surface area (Å²) in [4.78, 5) is 13.8. The third-order valence-electron chi connectivity index (χ3n) is 4.34. The Morgan fingerprint density at radius 3 is 2.91 bits per heavy atom. The van der Waals surface area contributed by atoms with E-state index in [1.807, 2.05) is 16.9 Å². The number of nitrogens with zero attached hydrogens (tertiary/aromatic N) is 3. The van der Waals surface area contributed by atoms with Crippen LogP contribution in [-0.4, -0.2) is 39.2 Å². The maximum Gasteiger partial charge on any atom is 0.220 e. The van der Waals surface area contributed by atoms with E-state index >= 15 is 0 Å². The zero-order chi connectivity index (χ0) is 16.2. The minimum absolute atomic E-state index is 0.180. The van der Waals surface area contributed by atoms with Gasteiger partial charge in [-0.15, -0.1) is 0 Å². The first-order valence-corrected chi connectivity index (χ1v) is 8.24. The highest BCUT2D eigenvalue weighted by Crippen LogP contribution is 2.16. The molecule has 1 N–H and O–H groups in total. The number of benzene rings is 1. The van der Waals surface area contributed by atoms with Gasteiger partial charge >= 0.3 is 0 Å². The number of hydrogen-bond acceptors (Lipinski definition) is 3. The summed E-state index contributed by atoms with van der Waals surface area (Å²) in [5, 5.41) is 7.35. The van der Waals surface area contributed by atoms with Crippen molar-refractivity contribution in [2.75, 3.05) is 6.54 Å². The average molecular weight is 312 g/mol. The molecule has 2 aromatic rings. The van der Waals surface area contributed by atoms with Crippen LogP contribution in [0, 0.1) is 0 Å². The lowest BCUT2D eigenvalue weighted by Crippen LogP contribution is -2.41. The van der Waals surface area contributed by atoms with Crippen molar-refractivity contribution < 1.29 is 4.79 Å². The lowest BCUT2D eigenvalue weighted by molar-refractivity contribution is -0.119. The van der Waals surface area contributed by atoms with Crippen LogP contribution in [0.4, 0.5) is 0 Å². The Balaban J connectivity index is 1.70. The zero-order valence-electron chi connectivity index (χ0n) is 13.8. The molecule has 0 spiro atoms. The second-order valence-corrected chi connectivity index (χ2v) is 6.45. The number of amides is 1. The fourth-order valence-corrected chi connectivity index (χ4v) is 3.01. The molecule has 1 fully saturated rings. The molecule has 1 aliphatic heterocycles. The Kier molecular flexibility index (Phi) is 4.76. The van der Waals surface area contributed by atoms with Crippen LogP contribution in [0.1, 0.15) is 32.3 Å². The van der Waals surface area contributed by atoms with Crippen LogP contribution in [0.15, 0.2) is 42.7 Å². The highest BCUT2D eigenvalue weighted by Gasteiger charge is 2.24. The minimum atomic E-state index is 0.180. The monoisotopic (exact) mass is 312 g/mol. The quantitative estimate of drug-likeness (QED) is 0.891. The van der Waals surface area contributed by atoms with Crippen LogP contribution >= 0.6 is 0 Å². The van der Waals surface area contributed by atoms with Crippen molar-refractivity contribution in [3.8, 4) is 5.69 Å². The van der Waals surface area contributed by atoms with Gasteiger partial charge in [-0.2, -0.15) is 5.10 Å². The third kappa shape index (κ3) is 3.99. The molecule has 5 heteroatoms. The van der Waals surface area contributed by atoms with Crippen molar-refractivity contribution in [2.24, 2.45) is 0 Å². The fraction of sp³-hybridized carbons (Fsp3) is 0.444. The van der Waals surface area contributed by atoms with Gasteiger partial charge in [0.1, 0.15) is 0 Å². The molecule has 1 amide bonds. The average Bonchev–Trinajstić information content (AvgIpc) is 3.18. The highest BCUT2D eigenvalue weighted by atomic mass is 16.1. The van der Waals surface area contributed by atoms with E-state index in [9.17, 15) is 4.79 Å². The predicted octanol–water partition coefficient (Wildman–Crippen LogP) is 2.36. The smallest absolute Gasteiger partial charge is 0.220 e. The normalized spacial score (nSPS) is 17.9. The third-order valence-corrected chi connectivity index (χ3v) is 4.34. The Hall–Kier alpha value is -2.14. The molecule has 1 atom stereocenters. The van der Waals surface area contributed by atoms with E-state index in [1.54, 1.807) is 6.20 Å². The van der Waals surface area contributed by atoms with E-state index in [0.717, 1.165) is 25.2 Å². The first-order chi connectivity index (χ1) is 11.1. The number of hydrogen-bond donors (Lipinski definition) is 1. The number of aromatic nitrogens is 2. The van der Waals surface area contributed by atoms with Gasteiger partial charge in [0.2, 0.25) is 5.91 Å². The van der Waals surface area contributed by atoms with Gasteiger partial charge in [-0.1, -0.05) is 12.1 Å². The standard InChI is InChI=1S/C18H24N4O/c1-14(2)21(13-16-7-8-18(23)20-16)12-15-5-3-6-17(11-15)22-10-4-9-19-22/h3-6,9-11,14,16H,7-8,12-13H2,1-2H3,(H,20,23). The molecule has 1 aromatic carbocycles. The van der Waals surface area contributed by atoms with E-state index in [1.165, 1.54) is 5.56 Å². The fourth-order valence-electron chi connectivity index (χ4n) is 3.01. The van der Waals surface area contributed by atoms with Gasteiger partial charge in [0.05, 0.1) is 5.69 Å². The van der Waals surface area contributed by atoms with Crippen molar-refractivity contribution in [2.45, 2.75) is 45.3 Å². The van der Waals surface area contributed by atoms with Crippen molar-refractivity contribution in [3.63, 3.8) is 0 Å². The highest BCUT2D eigenvalue weighted by molar-refractivity contribution is 5.78. The summed E-state index contributed by atoms with van der Waals surface area (Å²) in [6, 6.07) is 11.1. The van der Waals surface area contributed by atoms with Gasteiger partial charge in [-0.3, -0.25) is 9.69 Å². The Morgan fingerprint density at radius 2 is 2.26 bits per heavy atom. The lowest BCUT2D eigenvalue weighted by atomic mass is 10.1. The van der Waals surface area contributed by atoms with Crippen LogP contribution in [-0.2, 0) is 11.3 Å². The first-order valence-electron chi connectivity index (χ1n) is 8.24. The number of nitrogens with one attached hydrogen (secondary N) is 1. The summed E-state index contributed by atoms with van der Waals surface area (Å²) < 4.78 is 1.88. The molecule has 2 heterocycles. The molecule has 0 aliphatic carbocycles. The van der Waals surface area contributed by atoms with Gasteiger partial charge in [0.15, 0.2) is 0 Å². The molecule has 1 unspecified atom stereocenters. The molecule has 0 radical (unpaired) electrons. The van der Waals surface area contributed by atoms with Gasteiger partial charge in [-0.25, -0.2) is 4.68 Å². The number of carbonyl (C=O) groups excluding carboxylic acids is 1. The number of rotatable bonds is 6. The van der Waals surface area contributed by atoms with E-state index in [2.05, 4.69) is 53.4 Å². The van der Waals surface area contributed by atoms with E-state index < -0.39 is 0 Å². The molecule has 23 heavy (non-hydrogen) atoms. The largest absolute Gasteiger partial charge is 0.352 e. The number of carbonyl (C=O) groups is 1. The van der Waals surface area contributed by atoms with Crippen molar-refractivity contribution >= 4 is 5.91 Å². The van der Waals surface area contributed by atoms with Gasteiger partial charge in [0, 0.05) is 44.0 Å². The summed E-state index contributed by atoms with van der Waals surface area (Å²) in [5.74, 6) is 0.180. The van der Waals surface area contributed by atoms with Gasteiger partial charge < -0.3 is 5.32 Å². The predicted molar refractivity (Wildman–Crippen MR) is 90.3 cm³/mol. The molecule has 0 saturated carbocycles. The zero-order valence-corrected chi connectivity index (χ0v) is 13.8.